The molecule has 0 unspecified atom stereocenters. The van der Waals surface area contributed by atoms with Crippen molar-refractivity contribution in [1.82, 2.24) is 4.57 Å². The number of rotatable bonds is 7. The van der Waals surface area contributed by atoms with E-state index in [0.29, 0.717) is 23.5 Å². The van der Waals surface area contributed by atoms with Gasteiger partial charge in [-0.3, -0.25) is 18.5 Å². The molecule has 0 aliphatic rings. The molecule has 170 valence electrons. The Morgan fingerprint density at radius 2 is 1.73 bits per heavy atom. The van der Waals surface area contributed by atoms with Crippen LogP contribution in [-0.2, 0) is 23.1 Å². The summed E-state index contributed by atoms with van der Waals surface area (Å²) in [5, 5.41) is 2.84. The number of aryl methyl sites for hydroxylation is 1. The van der Waals surface area contributed by atoms with Gasteiger partial charge in [0.15, 0.2) is 0 Å². The number of anilines is 2. The maximum Gasteiger partial charge on any atom is 0.308 e. The topological polar surface area (TPSA) is 88.5 Å². The first-order valence-electron chi connectivity index (χ1n) is 10.3. The maximum atomic E-state index is 12.7. The van der Waals surface area contributed by atoms with E-state index in [1.54, 1.807) is 41.0 Å². The normalized spacial score (nSPS) is 11.5. The second-order valence-corrected chi connectivity index (χ2v) is 10.5. The Labute approximate surface area is 196 Å². The Kier molecular flexibility index (Phi) is 6.35. The minimum Gasteiger partial charge on any atom is -0.322 e. The highest BCUT2D eigenvalue weighted by Gasteiger charge is 2.18. The zero-order valence-corrected chi connectivity index (χ0v) is 19.8. The van der Waals surface area contributed by atoms with Gasteiger partial charge < -0.3 is 5.32 Å². The Bertz CT molecular complexity index is 1460. The van der Waals surface area contributed by atoms with Crippen molar-refractivity contribution in [3.8, 4) is 0 Å². The first-order valence-corrected chi connectivity index (χ1v) is 13.0. The molecule has 0 spiro atoms. The number of aromatic nitrogens is 1. The first kappa shape index (κ1) is 22.8. The average Bonchev–Trinajstić information content (AvgIpc) is 3.11. The quantitative estimate of drug-likeness (QED) is 0.426. The molecule has 9 heteroatoms. The summed E-state index contributed by atoms with van der Waals surface area (Å²) in [6.07, 6.45) is 1.16. The Morgan fingerprint density at radius 1 is 1.03 bits per heavy atom. The van der Waals surface area contributed by atoms with Gasteiger partial charge >= 0.3 is 4.87 Å². The molecule has 1 N–H and O–H groups in total. The van der Waals surface area contributed by atoms with Crippen molar-refractivity contribution in [2.75, 3.05) is 15.9 Å². The highest BCUT2D eigenvalue weighted by atomic mass is 32.2. The smallest absolute Gasteiger partial charge is 0.308 e. The average molecular weight is 482 g/mol. The predicted octanol–water partition coefficient (Wildman–Crippen LogP) is 4.30. The summed E-state index contributed by atoms with van der Waals surface area (Å²) in [5.74, 6) is -0.322. The monoisotopic (exact) mass is 481 g/mol. The largest absolute Gasteiger partial charge is 0.322 e. The zero-order valence-electron chi connectivity index (χ0n) is 18.2. The van der Waals surface area contributed by atoms with Crippen molar-refractivity contribution in [2.45, 2.75) is 20.0 Å². The van der Waals surface area contributed by atoms with Gasteiger partial charge in [0.05, 0.1) is 28.7 Å². The van der Waals surface area contributed by atoms with Crippen LogP contribution in [0.15, 0.2) is 77.6 Å². The molecule has 0 fully saturated rings. The molecule has 1 aromatic heterocycles. The fourth-order valence-corrected chi connectivity index (χ4v) is 5.46. The molecule has 33 heavy (non-hydrogen) atoms. The Hall–Kier alpha value is -3.43. The number of benzene rings is 3. The lowest BCUT2D eigenvalue weighted by molar-refractivity contribution is 0.102. The molecular formula is C24H23N3O4S2. The summed E-state index contributed by atoms with van der Waals surface area (Å²) in [6, 6.07) is 21.1. The van der Waals surface area contributed by atoms with Crippen LogP contribution in [0.2, 0.25) is 0 Å². The highest BCUT2D eigenvalue weighted by Crippen LogP contribution is 2.24. The molecule has 0 saturated carbocycles. The van der Waals surface area contributed by atoms with Crippen LogP contribution in [-0.4, -0.2) is 25.1 Å². The van der Waals surface area contributed by atoms with Crippen LogP contribution in [0, 0.1) is 0 Å². The summed E-state index contributed by atoms with van der Waals surface area (Å²) in [6.45, 7) is 2.70. The molecule has 0 atom stereocenters. The standard InChI is InChI=1S/C24H23N3O4S2/c1-3-26-21-14-11-19(15-22(21)32-24(26)29)25-23(28)18-9-12-20(13-10-18)27(33(2,30)31)16-17-7-5-4-6-8-17/h4-15H,3,16H2,1-2H3,(H,25,28). The number of sulfonamides is 1. The van der Waals surface area contributed by atoms with Gasteiger partial charge in [-0.05, 0) is 55.0 Å². The van der Waals surface area contributed by atoms with Gasteiger partial charge in [-0.2, -0.15) is 0 Å². The van der Waals surface area contributed by atoms with Crippen molar-refractivity contribution < 1.29 is 13.2 Å². The third kappa shape index (κ3) is 4.99. The second-order valence-electron chi connectivity index (χ2n) is 7.55. The van der Waals surface area contributed by atoms with E-state index in [4.69, 9.17) is 0 Å². The number of nitrogens with one attached hydrogen (secondary N) is 1. The summed E-state index contributed by atoms with van der Waals surface area (Å²) in [4.78, 5) is 24.8. The maximum absolute atomic E-state index is 12.7. The minimum atomic E-state index is -3.52. The van der Waals surface area contributed by atoms with E-state index >= 15 is 0 Å². The first-order chi connectivity index (χ1) is 15.8. The summed E-state index contributed by atoms with van der Waals surface area (Å²) < 4.78 is 28.5. The highest BCUT2D eigenvalue weighted by molar-refractivity contribution is 7.92. The predicted molar refractivity (Wildman–Crippen MR) is 134 cm³/mol. The number of thiazole rings is 1. The van der Waals surface area contributed by atoms with E-state index in [1.165, 1.54) is 4.31 Å². The number of fused-ring (bicyclic) bond motifs is 1. The van der Waals surface area contributed by atoms with Gasteiger partial charge in [0.2, 0.25) is 10.0 Å². The lowest BCUT2D eigenvalue weighted by Gasteiger charge is -2.22. The van der Waals surface area contributed by atoms with Crippen LogP contribution in [0.3, 0.4) is 0 Å². The number of amides is 1. The van der Waals surface area contributed by atoms with Gasteiger partial charge in [0.25, 0.3) is 5.91 Å². The molecule has 0 aliphatic heterocycles. The molecule has 0 bridgehead atoms. The summed E-state index contributed by atoms with van der Waals surface area (Å²) >= 11 is 1.14. The van der Waals surface area contributed by atoms with E-state index in [9.17, 15) is 18.0 Å². The van der Waals surface area contributed by atoms with Crippen LogP contribution in [0.25, 0.3) is 10.2 Å². The number of carbonyl (C=O) groups is 1. The number of hydrogen-bond donors (Lipinski definition) is 1. The molecule has 0 saturated heterocycles. The van der Waals surface area contributed by atoms with E-state index in [1.807, 2.05) is 43.3 Å². The third-order valence-electron chi connectivity index (χ3n) is 5.23. The van der Waals surface area contributed by atoms with E-state index in [-0.39, 0.29) is 17.3 Å². The Morgan fingerprint density at radius 3 is 2.36 bits per heavy atom. The van der Waals surface area contributed by atoms with Crippen molar-refractivity contribution >= 4 is 48.9 Å². The lowest BCUT2D eigenvalue weighted by atomic mass is 10.1. The molecule has 0 aliphatic carbocycles. The van der Waals surface area contributed by atoms with Gasteiger partial charge in [-0.1, -0.05) is 41.7 Å². The number of nitrogens with zero attached hydrogens (tertiary/aromatic N) is 2. The molecule has 4 rings (SSSR count). The molecule has 7 nitrogen and oxygen atoms in total. The van der Waals surface area contributed by atoms with Crippen LogP contribution in [0.1, 0.15) is 22.8 Å². The number of hydrogen-bond acceptors (Lipinski definition) is 5. The van der Waals surface area contributed by atoms with Crippen LogP contribution < -0.4 is 14.5 Å². The molecule has 0 radical (unpaired) electrons. The van der Waals surface area contributed by atoms with Crippen LogP contribution in [0.4, 0.5) is 11.4 Å². The molecule has 3 aromatic carbocycles. The summed E-state index contributed by atoms with van der Waals surface area (Å²) in [5.41, 5.74) is 3.16. The number of carbonyl (C=O) groups excluding carboxylic acids is 1. The third-order valence-corrected chi connectivity index (χ3v) is 7.31. The van der Waals surface area contributed by atoms with E-state index < -0.39 is 10.0 Å². The molecule has 1 amide bonds. The zero-order chi connectivity index (χ0) is 23.6. The van der Waals surface area contributed by atoms with E-state index in [2.05, 4.69) is 5.32 Å². The van der Waals surface area contributed by atoms with Gasteiger partial charge in [0, 0.05) is 17.8 Å². The SMILES string of the molecule is CCn1c(=O)sc2cc(NC(=O)c3ccc(N(Cc4ccccc4)S(C)(=O)=O)cc3)ccc21. The van der Waals surface area contributed by atoms with Crippen molar-refractivity contribution in [1.29, 1.82) is 0 Å². The van der Waals surface area contributed by atoms with Gasteiger partial charge in [-0.15, -0.1) is 0 Å². The van der Waals surface area contributed by atoms with Crippen molar-refractivity contribution in [2.24, 2.45) is 0 Å². The lowest BCUT2D eigenvalue weighted by Crippen LogP contribution is -2.29. The van der Waals surface area contributed by atoms with Crippen molar-refractivity contribution in [3.63, 3.8) is 0 Å². The molecular weight excluding hydrogens is 458 g/mol. The Balaban J connectivity index is 1.54. The van der Waals surface area contributed by atoms with Crippen molar-refractivity contribution in [3.05, 3.63) is 93.6 Å². The molecule has 4 aromatic rings. The second kappa shape index (κ2) is 9.21. The summed E-state index contributed by atoms with van der Waals surface area (Å²) in [7, 11) is -3.52. The fourth-order valence-electron chi connectivity index (χ4n) is 3.58. The van der Waals surface area contributed by atoms with E-state index in [0.717, 1.165) is 33.4 Å². The van der Waals surface area contributed by atoms with Crippen LogP contribution >= 0.6 is 11.3 Å². The fraction of sp³-hybridized carbons (Fsp3) is 0.167. The molecule has 1 heterocycles. The van der Waals surface area contributed by atoms with Gasteiger partial charge in [-0.25, -0.2) is 8.42 Å². The van der Waals surface area contributed by atoms with Gasteiger partial charge in [0.1, 0.15) is 0 Å². The minimum absolute atomic E-state index is 0.0301. The van der Waals surface area contributed by atoms with Crippen LogP contribution in [0.5, 0.6) is 0 Å².